The number of rotatable bonds is 3. The van der Waals surface area contributed by atoms with Crippen LogP contribution in [0.25, 0.3) is 0 Å². The third-order valence-corrected chi connectivity index (χ3v) is 3.42. The molecule has 0 aromatic carbocycles. The minimum Gasteiger partial charge on any atom is -0.289 e. The van der Waals surface area contributed by atoms with E-state index in [0.717, 1.165) is 38.5 Å². The van der Waals surface area contributed by atoms with Crippen molar-refractivity contribution in [2.24, 2.45) is 0 Å². The second kappa shape index (κ2) is 4.32. The van der Waals surface area contributed by atoms with Gasteiger partial charge in [0.15, 0.2) is 0 Å². The summed E-state index contributed by atoms with van der Waals surface area (Å²) in [5.41, 5.74) is 0. The van der Waals surface area contributed by atoms with E-state index in [9.17, 15) is 13.2 Å². The van der Waals surface area contributed by atoms with Gasteiger partial charge in [0.05, 0.1) is 6.54 Å². The Kier molecular flexibility index (Phi) is 3.24. The topological polar surface area (TPSA) is 3.24 Å². The maximum atomic E-state index is 12.4. The molecule has 0 aliphatic heterocycles. The molecule has 2 fully saturated rings. The van der Waals surface area contributed by atoms with Gasteiger partial charge in [-0.1, -0.05) is 19.3 Å². The van der Waals surface area contributed by atoms with E-state index in [0.29, 0.717) is 0 Å². The molecule has 0 N–H and O–H groups in total. The smallest absolute Gasteiger partial charge is 0.289 e. The van der Waals surface area contributed by atoms with Gasteiger partial charge in [-0.25, -0.2) is 0 Å². The first kappa shape index (κ1) is 11.2. The molecule has 2 saturated carbocycles. The van der Waals surface area contributed by atoms with Crippen molar-refractivity contribution in [3.63, 3.8) is 0 Å². The molecule has 0 heterocycles. The van der Waals surface area contributed by atoms with Crippen LogP contribution in [0.15, 0.2) is 0 Å². The molecule has 2 aliphatic carbocycles. The van der Waals surface area contributed by atoms with Crippen molar-refractivity contribution >= 4 is 0 Å². The molecule has 0 aromatic rings. The lowest BCUT2D eigenvalue weighted by atomic mass is 9.94. The SMILES string of the molecule is FC(F)(F)CN(C1CCCCC1)C1CC1. The molecule has 2 aliphatic rings. The third kappa shape index (κ3) is 3.37. The fourth-order valence-corrected chi connectivity index (χ4v) is 2.58. The average molecular weight is 221 g/mol. The van der Waals surface area contributed by atoms with Gasteiger partial charge in [0.1, 0.15) is 0 Å². The van der Waals surface area contributed by atoms with Gasteiger partial charge in [0, 0.05) is 12.1 Å². The van der Waals surface area contributed by atoms with Gasteiger partial charge < -0.3 is 0 Å². The summed E-state index contributed by atoms with van der Waals surface area (Å²) in [5, 5.41) is 0. The molecule has 1 nitrogen and oxygen atoms in total. The molecule has 88 valence electrons. The molecule has 0 atom stereocenters. The van der Waals surface area contributed by atoms with Crippen molar-refractivity contribution in [1.82, 2.24) is 4.90 Å². The first-order chi connectivity index (χ1) is 7.06. The molecular weight excluding hydrogens is 203 g/mol. The normalized spacial score (nSPS) is 24.8. The molecule has 15 heavy (non-hydrogen) atoms. The Morgan fingerprint density at radius 2 is 1.40 bits per heavy atom. The molecule has 0 radical (unpaired) electrons. The highest BCUT2D eigenvalue weighted by Gasteiger charge is 2.41. The van der Waals surface area contributed by atoms with E-state index < -0.39 is 12.7 Å². The first-order valence-corrected chi connectivity index (χ1v) is 5.89. The van der Waals surface area contributed by atoms with E-state index in [1.165, 1.54) is 6.42 Å². The van der Waals surface area contributed by atoms with Crippen LogP contribution in [-0.4, -0.2) is 29.7 Å². The second-order valence-corrected chi connectivity index (χ2v) is 4.81. The average Bonchev–Trinajstić information content (AvgIpc) is 2.97. The summed E-state index contributed by atoms with van der Waals surface area (Å²) in [7, 11) is 0. The molecule has 0 amide bonds. The highest BCUT2D eigenvalue weighted by atomic mass is 19.4. The molecular formula is C11H18F3N. The summed E-state index contributed by atoms with van der Waals surface area (Å²) < 4.78 is 37.2. The summed E-state index contributed by atoms with van der Waals surface area (Å²) in [6.45, 7) is -0.692. The van der Waals surface area contributed by atoms with Gasteiger partial charge in [0.25, 0.3) is 0 Å². The van der Waals surface area contributed by atoms with Crippen molar-refractivity contribution in [1.29, 1.82) is 0 Å². The summed E-state index contributed by atoms with van der Waals surface area (Å²) >= 11 is 0. The number of hydrogen-bond donors (Lipinski definition) is 0. The first-order valence-electron chi connectivity index (χ1n) is 5.89. The quantitative estimate of drug-likeness (QED) is 0.706. The Bertz CT molecular complexity index is 204. The summed E-state index contributed by atoms with van der Waals surface area (Å²) in [6, 6.07) is 0.433. The van der Waals surface area contributed by atoms with Crippen LogP contribution in [0.4, 0.5) is 13.2 Å². The standard InChI is InChI=1S/C11H18F3N/c12-11(13,14)8-15(10-6-7-10)9-4-2-1-3-5-9/h9-10H,1-8H2. The Labute approximate surface area is 88.6 Å². The Morgan fingerprint density at radius 1 is 0.867 bits per heavy atom. The van der Waals surface area contributed by atoms with E-state index in [2.05, 4.69) is 0 Å². The number of halogens is 3. The van der Waals surface area contributed by atoms with Crippen LogP contribution in [0.2, 0.25) is 0 Å². The molecule has 2 rings (SSSR count). The van der Waals surface area contributed by atoms with E-state index in [-0.39, 0.29) is 12.1 Å². The zero-order valence-corrected chi connectivity index (χ0v) is 8.89. The molecule has 4 heteroatoms. The van der Waals surface area contributed by atoms with Crippen LogP contribution < -0.4 is 0 Å². The van der Waals surface area contributed by atoms with Crippen LogP contribution in [0.1, 0.15) is 44.9 Å². The lowest BCUT2D eigenvalue weighted by Gasteiger charge is -2.34. The lowest BCUT2D eigenvalue weighted by Crippen LogP contribution is -2.44. The highest BCUT2D eigenvalue weighted by Crippen LogP contribution is 2.35. The van der Waals surface area contributed by atoms with E-state index in [1.807, 2.05) is 0 Å². The summed E-state index contributed by atoms with van der Waals surface area (Å²) in [6.07, 6.45) is 3.23. The molecule has 0 bridgehead atoms. The minimum atomic E-state index is -4.03. The van der Waals surface area contributed by atoms with Gasteiger partial charge in [-0.15, -0.1) is 0 Å². The zero-order valence-electron chi connectivity index (χ0n) is 8.89. The predicted octanol–water partition coefficient (Wildman–Crippen LogP) is 3.35. The highest BCUT2D eigenvalue weighted by molar-refractivity contribution is 4.90. The lowest BCUT2D eigenvalue weighted by molar-refractivity contribution is -0.153. The molecule has 0 aromatic heterocycles. The monoisotopic (exact) mass is 221 g/mol. The second-order valence-electron chi connectivity index (χ2n) is 4.81. The Morgan fingerprint density at radius 3 is 1.87 bits per heavy atom. The summed E-state index contributed by atoms with van der Waals surface area (Å²) in [4.78, 5) is 1.72. The van der Waals surface area contributed by atoms with Gasteiger partial charge in [0.2, 0.25) is 0 Å². The Balaban J connectivity index is 1.92. The molecule has 0 spiro atoms. The maximum Gasteiger partial charge on any atom is 0.401 e. The maximum absolute atomic E-state index is 12.4. The van der Waals surface area contributed by atoms with Gasteiger partial charge >= 0.3 is 6.18 Å². The van der Waals surface area contributed by atoms with Crippen LogP contribution in [0.5, 0.6) is 0 Å². The third-order valence-electron chi connectivity index (χ3n) is 3.42. The zero-order chi connectivity index (χ0) is 10.9. The van der Waals surface area contributed by atoms with Gasteiger partial charge in [-0.05, 0) is 25.7 Å². The van der Waals surface area contributed by atoms with E-state index >= 15 is 0 Å². The van der Waals surface area contributed by atoms with Crippen molar-refractivity contribution in [3.05, 3.63) is 0 Å². The fourth-order valence-electron chi connectivity index (χ4n) is 2.58. The van der Waals surface area contributed by atoms with Crippen molar-refractivity contribution in [2.75, 3.05) is 6.54 Å². The largest absolute Gasteiger partial charge is 0.401 e. The fraction of sp³-hybridized carbons (Fsp3) is 1.00. The van der Waals surface area contributed by atoms with Gasteiger partial charge in [-0.3, -0.25) is 4.90 Å². The van der Waals surface area contributed by atoms with E-state index in [1.54, 1.807) is 4.90 Å². The minimum absolute atomic E-state index is 0.202. The van der Waals surface area contributed by atoms with E-state index in [4.69, 9.17) is 0 Å². The van der Waals surface area contributed by atoms with Gasteiger partial charge in [-0.2, -0.15) is 13.2 Å². The molecule has 0 saturated heterocycles. The van der Waals surface area contributed by atoms with Crippen LogP contribution in [-0.2, 0) is 0 Å². The van der Waals surface area contributed by atoms with Crippen molar-refractivity contribution in [3.8, 4) is 0 Å². The van der Waals surface area contributed by atoms with Crippen molar-refractivity contribution in [2.45, 2.75) is 63.2 Å². The van der Waals surface area contributed by atoms with Crippen LogP contribution in [0.3, 0.4) is 0 Å². The van der Waals surface area contributed by atoms with Crippen LogP contribution >= 0.6 is 0 Å². The predicted molar refractivity (Wildman–Crippen MR) is 52.7 cm³/mol. The number of alkyl halides is 3. The summed E-state index contributed by atoms with van der Waals surface area (Å²) in [5.74, 6) is 0. The molecule has 0 unspecified atom stereocenters. The number of hydrogen-bond acceptors (Lipinski definition) is 1. The Hall–Kier alpha value is -0.250. The number of nitrogens with zero attached hydrogens (tertiary/aromatic N) is 1. The van der Waals surface area contributed by atoms with Crippen molar-refractivity contribution < 1.29 is 13.2 Å². The van der Waals surface area contributed by atoms with Crippen LogP contribution in [0, 0.1) is 0 Å².